The molecule has 2 heterocycles. The minimum atomic E-state index is 0.147. The molecule has 0 aliphatic carbocycles. The predicted octanol–water partition coefficient (Wildman–Crippen LogP) is 0.752. The van der Waals surface area contributed by atoms with E-state index in [1.54, 1.807) is 0 Å². The molecule has 0 amide bonds. The van der Waals surface area contributed by atoms with Gasteiger partial charge < -0.3 is 14.8 Å². The van der Waals surface area contributed by atoms with Crippen molar-refractivity contribution in [2.75, 3.05) is 13.2 Å². The van der Waals surface area contributed by atoms with Crippen LogP contribution in [0.15, 0.2) is 12.1 Å². The summed E-state index contributed by atoms with van der Waals surface area (Å²) in [7, 11) is 0. The number of rotatable bonds is 5. The van der Waals surface area contributed by atoms with Crippen molar-refractivity contribution in [1.82, 2.24) is 15.5 Å². The van der Waals surface area contributed by atoms with Crippen LogP contribution in [-0.2, 0) is 11.3 Å². The van der Waals surface area contributed by atoms with Gasteiger partial charge in [-0.05, 0) is 6.07 Å². The van der Waals surface area contributed by atoms with Gasteiger partial charge in [0, 0.05) is 18.7 Å². The highest BCUT2D eigenvalue weighted by molar-refractivity contribution is 5.12. The van der Waals surface area contributed by atoms with Crippen molar-refractivity contribution in [3.63, 3.8) is 0 Å². The van der Waals surface area contributed by atoms with Crippen LogP contribution in [0.2, 0.25) is 0 Å². The molecule has 0 atom stereocenters. The summed E-state index contributed by atoms with van der Waals surface area (Å²) < 4.78 is 10.5. The van der Waals surface area contributed by atoms with Gasteiger partial charge >= 0.3 is 0 Å². The van der Waals surface area contributed by atoms with Gasteiger partial charge in [-0.3, -0.25) is 0 Å². The molecule has 1 aliphatic heterocycles. The molecule has 5 nitrogen and oxygen atoms in total. The van der Waals surface area contributed by atoms with Gasteiger partial charge in [0.05, 0.1) is 18.9 Å². The van der Waals surface area contributed by atoms with E-state index in [-0.39, 0.29) is 6.10 Å². The van der Waals surface area contributed by atoms with Crippen LogP contribution in [0.3, 0.4) is 0 Å². The fourth-order valence-corrected chi connectivity index (χ4v) is 1.27. The Bertz CT molecular complexity index is 323. The minimum Gasteiger partial charge on any atom is -0.468 e. The largest absolute Gasteiger partial charge is 0.468 e. The quantitative estimate of drug-likeness (QED) is 0.798. The van der Waals surface area contributed by atoms with Crippen molar-refractivity contribution in [1.29, 1.82) is 0 Å². The first-order valence-corrected chi connectivity index (χ1v) is 5.54. The summed E-state index contributed by atoms with van der Waals surface area (Å²) in [5.41, 5.74) is 0.922. The Labute approximate surface area is 95.2 Å². The molecule has 1 aromatic rings. The maximum absolute atomic E-state index is 5.51. The topological polar surface area (TPSA) is 56.3 Å². The van der Waals surface area contributed by atoms with Crippen molar-refractivity contribution in [3.05, 3.63) is 17.8 Å². The summed E-state index contributed by atoms with van der Waals surface area (Å²) in [6.45, 7) is 6.23. The molecule has 2 rings (SSSR count). The molecule has 1 fully saturated rings. The number of hydrogen-bond acceptors (Lipinski definition) is 5. The molecule has 0 radical (unpaired) electrons. The van der Waals surface area contributed by atoms with Crippen LogP contribution in [0, 0.1) is 0 Å². The molecule has 0 saturated carbocycles. The number of nitrogens with one attached hydrogen (secondary N) is 1. The third kappa shape index (κ3) is 3.15. The summed E-state index contributed by atoms with van der Waals surface area (Å²) in [5.74, 6) is 0.571. The van der Waals surface area contributed by atoms with Gasteiger partial charge in [0.2, 0.25) is 5.88 Å². The molecular weight excluding hydrogens is 206 g/mol. The summed E-state index contributed by atoms with van der Waals surface area (Å²) in [6.07, 6.45) is 0.147. The van der Waals surface area contributed by atoms with Gasteiger partial charge in [0.15, 0.2) is 0 Å². The molecule has 0 bridgehead atoms. The van der Waals surface area contributed by atoms with Gasteiger partial charge in [-0.1, -0.05) is 13.8 Å². The summed E-state index contributed by atoms with van der Waals surface area (Å²) in [4.78, 5) is 0. The number of ether oxygens (including phenoxy) is 2. The van der Waals surface area contributed by atoms with Crippen molar-refractivity contribution in [2.45, 2.75) is 32.5 Å². The first kappa shape index (κ1) is 11.3. The van der Waals surface area contributed by atoms with E-state index in [4.69, 9.17) is 9.47 Å². The molecule has 1 aromatic heterocycles. The lowest BCUT2D eigenvalue weighted by atomic mass is 10.3. The Balaban J connectivity index is 1.83. The molecule has 5 heteroatoms. The van der Waals surface area contributed by atoms with E-state index < -0.39 is 0 Å². The number of aromatic nitrogens is 2. The van der Waals surface area contributed by atoms with Gasteiger partial charge in [0.1, 0.15) is 6.10 Å². The average Bonchev–Trinajstić information content (AvgIpc) is 2.22. The predicted molar refractivity (Wildman–Crippen MR) is 59.2 cm³/mol. The summed E-state index contributed by atoms with van der Waals surface area (Å²) >= 11 is 0. The number of nitrogens with zero attached hydrogens (tertiary/aromatic N) is 2. The average molecular weight is 223 g/mol. The van der Waals surface area contributed by atoms with E-state index in [9.17, 15) is 0 Å². The van der Waals surface area contributed by atoms with Gasteiger partial charge in [-0.25, -0.2) is 0 Å². The molecule has 88 valence electrons. The molecular formula is C11H17N3O2. The molecule has 1 aliphatic rings. The summed E-state index contributed by atoms with van der Waals surface area (Å²) in [6, 6.07) is 4.23. The highest BCUT2D eigenvalue weighted by atomic mass is 16.6. The van der Waals surface area contributed by atoms with Gasteiger partial charge in [0.25, 0.3) is 0 Å². The third-order valence-corrected chi connectivity index (χ3v) is 2.28. The third-order valence-electron chi connectivity index (χ3n) is 2.28. The second kappa shape index (κ2) is 5.23. The zero-order valence-corrected chi connectivity index (χ0v) is 9.64. The van der Waals surface area contributed by atoms with E-state index >= 15 is 0 Å². The fraction of sp³-hybridized carbons (Fsp3) is 0.636. The van der Waals surface area contributed by atoms with Crippen LogP contribution >= 0.6 is 0 Å². The Kier molecular flexibility index (Phi) is 3.69. The molecule has 1 saturated heterocycles. The van der Waals surface area contributed by atoms with Crippen molar-refractivity contribution in [2.24, 2.45) is 0 Å². The Hall–Kier alpha value is -1.20. The molecule has 16 heavy (non-hydrogen) atoms. The summed E-state index contributed by atoms with van der Waals surface area (Å²) in [5, 5.41) is 11.4. The van der Waals surface area contributed by atoms with Crippen molar-refractivity contribution >= 4 is 0 Å². The lowest BCUT2D eigenvalue weighted by Crippen LogP contribution is -2.38. The van der Waals surface area contributed by atoms with Crippen LogP contribution in [0.25, 0.3) is 0 Å². The van der Waals surface area contributed by atoms with Crippen LogP contribution in [0.5, 0.6) is 5.88 Å². The van der Waals surface area contributed by atoms with E-state index in [0.717, 1.165) is 12.2 Å². The van der Waals surface area contributed by atoms with Crippen LogP contribution in [0.4, 0.5) is 0 Å². The van der Waals surface area contributed by atoms with Crippen molar-refractivity contribution < 1.29 is 9.47 Å². The fourth-order valence-electron chi connectivity index (χ4n) is 1.27. The lowest BCUT2D eigenvalue weighted by molar-refractivity contribution is -0.0816. The lowest BCUT2D eigenvalue weighted by Gasteiger charge is -2.25. The monoisotopic (exact) mass is 223 g/mol. The first-order valence-electron chi connectivity index (χ1n) is 5.54. The molecule has 1 N–H and O–H groups in total. The molecule has 0 spiro atoms. The second-order valence-corrected chi connectivity index (χ2v) is 4.18. The Morgan fingerprint density at radius 1 is 1.44 bits per heavy atom. The standard InChI is InChI=1S/C11H17N3O2/c1-8(2)12-5-9-3-4-11(14-13-9)16-10-6-15-7-10/h3-4,8,10,12H,5-7H2,1-2H3. The zero-order chi connectivity index (χ0) is 11.4. The molecule has 0 unspecified atom stereocenters. The van der Waals surface area contributed by atoms with Gasteiger partial charge in [-0.2, -0.15) is 5.10 Å². The maximum Gasteiger partial charge on any atom is 0.233 e. The normalized spacial score (nSPS) is 16.2. The number of hydrogen-bond donors (Lipinski definition) is 1. The van der Waals surface area contributed by atoms with Gasteiger partial charge in [-0.15, -0.1) is 5.10 Å². The Morgan fingerprint density at radius 2 is 2.25 bits per heavy atom. The molecule has 0 aromatic carbocycles. The van der Waals surface area contributed by atoms with Crippen LogP contribution in [-0.4, -0.2) is 35.6 Å². The smallest absolute Gasteiger partial charge is 0.233 e. The second-order valence-electron chi connectivity index (χ2n) is 4.18. The van der Waals surface area contributed by atoms with E-state index in [1.165, 1.54) is 0 Å². The minimum absolute atomic E-state index is 0.147. The highest BCUT2D eigenvalue weighted by Crippen LogP contribution is 2.12. The SMILES string of the molecule is CC(C)NCc1ccc(OC2COC2)nn1. The zero-order valence-electron chi connectivity index (χ0n) is 9.64. The maximum atomic E-state index is 5.51. The van der Waals surface area contributed by atoms with E-state index in [1.807, 2.05) is 12.1 Å². The highest BCUT2D eigenvalue weighted by Gasteiger charge is 2.20. The van der Waals surface area contributed by atoms with Crippen LogP contribution < -0.4 is 10.1 Å². The van der Waals surface area contributed by atoms with E-state index in [0.29, 0.717) is 25.1 Å². The first-order chi connectivity index (χ1) is 7.74. The van der Waals surface area contributed by atoms with E-state index in [2.05, 4.69) is 29.4 Å². The van der Waals surface area contributed by atoms with Crippen LogP contribution in [0.1, 0.15) is 19.5 Å². The Morgan fingerprint density at radius 3 is 2.75 bits per heavy atom. The van der Waals surface area contributed by atoms with Crippen molar-refractivity contribution in [3.8, 4) is 5.88 Å².